The Morgan fingerprint density at radius 3 is 2.60 bits per heavy atom. The molecule has 0 fully saturated rings. The Morgan fingerprint density at radius 2 is 1.87 bits per heavy atom. The van der Waals surface area contributed by atoms with Gasteiger partial charge in [0.2, 0.25) is 11.7 Å². The first-order chi connectivity index (χ1) is 14.5. The van der Waals surface area contributed by atoms with Gasteiger partial charge in [-0.1, -0.05) is 50.9 Å². The summed E-state index contributed by atoms with van der Waals surface area (Å²) in [5.74, 6) is 0.785. The molecule has 0 aliphatic carbocycles. The van der Waals surface area contributed by atoms with Crippen molar-refractivity contribution in [3.05, 3.63) is 82.5 Å². The molecule has 1 amide bonds. The van der Waals surface area contributed by atoms with Crippen LogP contribution in [0.5, 0.6) is 0 Å². The van der Waals surface area contributed by atoms with E-state index in [0.29, 0.717) is 17.4 Å². The van der Waals surface area contributed by atoms with Crippen molar-refractivity contribution in [1.82, 2.24) is 20.0 Å². The van der Waals surface area contributed by atoms with Crippen LogP contribution in [0.2, 0.25) is 0 Å². The molecule has 0 saturated heterocycles. The highest BCUT2D eigenvalue weighted by Gasteiger charge is 2.16. The molecule has 2 aromatic heterocycles. The van der Waals surface area contributed by atoms with Gasteiger partial charge in [-0.25, -0.2) is 0 Å². The molecular formula is C23H21BrN4O2. The number of aryl methyl sites for hydroxylation is 1. The lowest BCUT2D eigenvalue weighted by Gasteiger charge is -2.15. The third-order valence-electron chi connectivity index (χ3n) is 4.85. The number of carbonyl (C=O) groups is 1. The Hall–Kier alpha value is -3.19. The topological polar surface area (TPSA) is 73.0 Å². The normalized spacial score (nSPS) is 12.0. The Balaban J connectivity index is 1.46. The molecule has 30 heavy (non-hydrogen) atoms. The monoisotopic (exact) mass is 464 g/mol. The molecule has 0 bridgehead atoms. The molecule has 0 saturated carbocycles. The highest BCUT2D eigenvalue weighted by molar-refractivity contribution is 9.10. The number of carbonyl (C=O) groups excluding carboxylic acids is 1. The average Bonchev–Trinajstić information content (AvgIpc) is 3.38. The van der Waals surface area contributed by atoms with Crippen LogP contribution < -0.4 is 5.32 Å². The average molecular weight is 465 g/mol. The van der Waals surface area contributed by atoms with Crippen molar-refractivity contribution in [2.45, 2.75) is 26.4 Å². The zero-order valence-corrected chi connectivity index (χ0v) is 18.3. The molecule has 2 aromatic carbocycles. The minimum atomic E-state index is -0.0897. The summed E-state index contributed by atoms with van der Waals surface area (Å²) in [5, 5.41) is 7.11. The molecule has 0 spiro atoms. The van der Waals surface area contributed by atoms with E-state index in [0.717, 1.165) is 15.6 Å². The summed E-state index contributed by atoms with van der Waals surface area (Å²) in [6.07, 6.45) is 1.83. The van der Waals surface area contributed by atoms with Gasteiger partial charge in [0.05, 0.1) is 6.04 Å². The lowest BCUT2D eigenvalue weighted by molar-refractivity contribution is -0.122. The number of hydrogen-bond acceptors (Lipinski definition) is 4. The van der Waals surface area contributed by atoms with E-state index < -0.39 is 0 Å². The maximum atomic E-state index is 12.6. The number of nitrogens with zero attached hydrogens (tertiary/aromatic N) is 3. The Morgan fingerprint density at radius 1 is 1.13 bits per heavy atom. The van der Waals surface area contributed by atoms with Crippen LogP contribution in [0.4, 0.5) is 0 Å². The van der Waals surface area contributed by atoms with Gasteiger partial charge in [-0.05, 0) is 55.8 Å². The highest BCUT2D eigenvalue weighted by atomic mass is 79.9. The van der Waals surface area contributed by atoms with Gasteiger partial charge in [0.25, 0.3) is 5.89 Å². The smallest absolute Gasteiger partial charge is 0.274 e. The molecule has 6 nitrogen and oxygen atoms in total. The van der Waals surface area contributed by atoms with E-state index in [2.05, 4.69) is 31.4 Å². The zero-order valence-electron chi connectivity index (χ0n) is 16.7. The van der Waals surface area contributed by atoms with Crippen LogP contribution in [0.1, 0.15) is 24.1 Å². The molecule has 0 aliphatic heterocycles. The number of aromatic nitrogens is 3. The van der Waals surface area contributed by atoms with E-state index in [1.165, 1.54) is 5.56 Å². The molecular weight excluding hydrogens is 444 g/mol. The predicted molar refractivity (Wildman–Crippen MR) is 119 cm³/mol. The SMILES string of the molecule is Cc1ccc(C(C)NC(=O)Cn2cccc2-c2nc(-c3ccc(Br)cc3)no2)cc1. The number of benzene rings is 2. The molecule has 4 rings (SSSR count). The van der Waals surface area contributed by atoms with E-state index in [9.17, 15) is 4.79 Å². The second-order valence-corrected chi connectivity index (χ2v) is 8.07. The number of rotatable bonds is 6. The summed E-state index contributed by atoms with van der Waals surface area (Å²) >= 11 is 3.42. The fourth-order valence-electron chi connectivity index (χ4n) is 3.17. The quantitative estimate of drug-likeness (QED) is 0.427. The number of halogens is 1. The largest absolute Gasteiger partial charge is 0.348 e. The van der Waals surface area contributed by atoms with E-state index in [1.54, 1.807) is 4.57 Å². The van der Waals surface area contributed by atoms with Gasteiger partial charge in [0, 0.05) is 16.2 Å². The second-order valence-electron chi connectivity index (χ2n) is 7.15. The predicted octanol–water partition coefficient (Wildman–Crippen LogP) is 5.15. The van der Waals surface area contributed by atoms with E-state index >= 15 is 0 Å². The standard InChI is InChI=1S/C23H21BrN4O2/c1-15-5-7-17(8-6-15)16(2)25-21(29)14-28-13-3-4-20(28)23-26-22(27-30-23)18-9-11-19(24)12-10-18/h3-13,16H,14H2,1-2H3,(H,25,29). The summed E-state index contributed by atoms with van der Waals surface area (Å²) in [7, 11) is 0. The molecule has 152 valence electrons. The van der Waals surface area contributed by atoms with Gasteiger partial charge in [0.15, 0.2) is 0 Å². The number of amides is 1. The van der Waals surface area contributed by atoms with E-state index in [-0.39, 0.29) is 18.5 Å². The van der Waals surface area contributed by atoms with Crippen LogP contribution >= 0.6 is 15.9 Å². The third-order valence-corrected chi connectivity index (χ3v) is 5.37. The summed E-state index contributed by atoms with van der Waals surface area (Å²) in [6, 6.07) is 19.5. The molecule has 1 atom stereocenters. The van der Waals surface area contributed by atoms with E-state index in [1.807, 2.05) is 80.7 Å². The summed E-state index contributed by atoms with van der Waals surface area (Å²) in [4.78, 5) is 17.1. The van der Waals surface area contributed by atoms with Gasteiger partial charge in [-0.3, -0.25) is 4.79 Å². The minimum Gasteiger partial charge on any atom is -0.348 e. The molecule has 2 heterocycles. The van der Waals surface area contributed by atoms with Crippen LogP contribution in [0, 0.1) is 6.92 Å². The van der Waals surface area contributed by atoms with Gasteiger partial charge in [0.1, 0.15) is 12.2 Å². The zero-order chi connectivity index (χ0) is 21.1. The Bertz CT molecular complexity index is 1150. The first-order valence-electron chi connectivity index (χ1n) is 9.60. The first-order valence-corrected chi connectivity index (χ1v) is 10.4. The van der Waals surface area contributed by atoms with Crippen molar-refractivity contribution in [3.63, 3.8) is 0 Å². The van der Waals surface area contributed by atoms with Crippen molar-refractivity contribution < 1.29 is 9.32 Å². The molecule has 1 unspecified atom stereocenters. The maximum absolute atomic E-state index is 12.6. The van der Waals surface area contributed by atoms with Gasteiger partial charge >= 0.3 is 0 Å². The van der Waals surface area contributed by atoms with Crippen LogP contribution in [0.3, 0.4) is 0 Å². The summed E-state index contributed by atoms with van der Waals surface area (Å²) in [6.45, 7) is 4.18. The molecule has 4 aromatic rings. The molecule has 0 radical (unpaired) electrons. The molecule has 0 aliphatic rings. The van der Waals surface area contributed by atoms with E-state index in [4.69, 9.17) is 4.52 Å². The van der Waals surface area contributed by atoms with Crippen molar-refractivity contribution >= 4 is 21.8 Å². The van der Waals surface area contributed by atoms with Crippen LogP contribution in [-0.2, 0) is 11.3 Å². The highest BCUT2D eigenvalue weighted by Crippen LogP contribution is 2.24. The van der Waals surface area contributed by atoms with Crippen molar-refractivity contribution in [2.75, 3.05) is 0 Å². The molecule has 7 heteroatoms. The van der Waals surface area contributed by atoms with Crippen LogP contribution in [-0.4, -0.2) is 20.6 Å². The van der Waals surface area contributed by atoms with Gasteiger partial charge in [-0.15, -0.1) is 0 Å². The maximum Gasteiger partial charge on any atom is 0.274 e. The van der Waals surface area contributed by atoms with Gasteiger partial charge in [-0.2, -0.15) is 4.98 Å². The second kappa shape index (κ2) is 8.67. The number of nitrogens with one attached hydrogen (secondary N) is 1. The van der Waals surface area contributed by atoms with Crippen LogP contribution in [0.15, 0.2) is 75.9 Å². The first kappa shape index (κ1) is 20.1. The molecule has 1 N–H and O–H groups in total. The Labute approximate surface area is 183 Å². The van der Waals surface area contributed by atoms with Crippen molar-refractivity contribution in [3.8, 4) is 23.0 Å². The van der Waals surface area contributed by atoms with Crippen LogP contribution in [0.25, 0.3) is 23.0 Å². The fourth-order valence-corrected chi connectivity index (χ4v) is 3.43. The Kier molecular flexibility index (Phi) is 5.81. The van der Waals surface area contributed by atoms with Crippen molar-refractivity contribution in [2.24, 2.45) is 0 Å². The third kappa shape index (κ3) is 4.52. The summed E-state index contributed by atoms with van der Waals surface area (Å²) in [5.41, 5.74) is 3.81. The van der Waals surface area contributed by atoms with Gasteiger partial charge < -0.3 is 14.4 Å². The minimum absolute atomic E-state index is 0.0791. The lowest BCUT2D eigenvalue weighted by atomic mass is 10.1. The fraction of sp³-hybridized carbons (Fsp3) is 0.174. The van der Waals surface area contributed by atoms with Crippen molar-refractivity contribution in [1.29, 1.82) is 0 Å². The summed E-state index contributed by atoms with van der Waals surface area (Å²) < 4.78 is 8.24. The number of hydrogen-bond donors (Lipinski definition) is 1. The lowest BCUT2D eigenvalue weighted by Crippen LogP contribution is -2.30.